The Balaban J connectivity index is 1.71. The molecule has 29 heavy (non-hydrogen) atoms. The van der Waals surface area contributed by atoms with Crippen molar-refractivity contribution in [3.05, 3.63) is 60.4 Å². The van der Waals surface area contributed by atoms with Gasteiger partial charge in [0.15, 0.2) is 11.6 Å². The lowest BCUT2D eigenvalue weighted by molar-refractivity contribution is 0.341. The van der Waals surface area contributed by atoms with Gasteiger partial charge < -0.3 is 14.9 Å². The highest BCUT2D eigenvalue weighted by molar-refractivity contribution is 7.23. The summed E-state index contributed by atoms with van der Waals surface area (Å²) in [5.41, 5.74) is 2.05. The van der Waals surface area contributed by atoms with Crippen molar-refractivity contribution in [2.24, 2.45) is 10.2 Å². The van der Waals surface area contributed by atoms with Crippen molar-refractivity contribution in [2.45, 2.75) is 13.5 Å². The lowest BCUT2D eigenvalue weighted by Crippen LogP contribution is -1.92. The van der Waals surface area contributed by atoms with Gasteiger partial charge in [0.2, 0.25) is 0 Å². The predicted octanol–water partition coefficient (Wildman–Crippen LogP) is 5.45. The van der Waals surface area contributed by atoms with Crippen LogP contribution in [0.5, 0.6) is 17.2 Å². The minimum Gasteiger partial charge on any atom is -0.508 e. The fourth-order valence-corrected chi connectivity index (χ4v) is 4.02. The van der Waals surface area contributed by atoms with Gasteiger partial charge in [0.1, 0.15) is 28.0 Å². The van der Waals surface area contributed by atoms with Gasteiger partial charge in [-0.05, 0) is 36.8 Å². The van der Waals surface area contributed by atoms with Gasteiger partial charge in [-0.2, -0.15) is 5.11 Å². The Kier molecular flexibility index (Phi) is 5.35. The number of hydrogen-bond acceptors (Lipinski definition) is 8. The van der Waals surface area contributed by atoms with E-state index in [4.69, 9.17) is 4.74 Å². The highest BCUT2D eigenvalue weighted by Gasteiger charge is 2.20. The number of para-hydroxylation sites is 1. The number of fused-ring (bicyclic) bond motifs is 1. The van der Waals surface area contributed by atoms with Crippen LogP contribution in [0.3, 0.4) is 0 Å². The summed E-state index contributed by atoms with van der Waals surface area (Å²) >= 11 is 1.34. The van der Waals surface area contributed by atoms with Crippen LogP contribution >= 0.6 is 11.3 Å². The second-order valence-corrected chi connectivity index (χ2v) is 7.17. The van der Waals surface area contributed by atoms with Crippen LogP contribution in [0.4, 0.5) is 5.82 Å². The van der Waals surface area contributed by atoms with Crippen molar-refractivity contribution in [3.8, 4) is 27.7 Å². The zero-order chi connectivity index (χ0) is 20.2. The number of ether oxygens (including phenoxy) is 1. The largest absolute Gasteiger partial charge is 0.508 e. The number of phenolic OH excluding ortho intramolecular Hbond substituents is 1. The Bertz CT molecular complexity index is 1190. The zero-order valence-electron chi connectivity index (χ0n) is 15.6. The van der Waals surface area contributed by atoms with Crippen molar-refractivity contribution in [2.75, 3.05) is 6.61 Å². The molecule has 0 saturated heterocycles. The van der Waals surface area contributed by atoms with Gasteiger partial charge in [0.25, 0.3) is 0 Å². The number of nitrogens with zero attached hydrogens (tertiary/aromatic N) is 4. The quantitative estimate of drug-likeness (QED) is 0.415. The molecule has 8 heteroatoms. The third-order valence-corrected chi connectivity index (χ3v) is 5.39. The van der Waals surface area contributed by atoms with Gasteiger partial charge >= 0.3 is 0 Å². The van der Waals surface area contributed by atoms with Crippen molar-refractivity contribution in [1.29, 1.82) is 0 Å². The van der Waals surface area contributed by atoms with Crippen LogP contribution < -0.4 is 4.74 Å². The first-order chi connectivity index (χ1) is 14.2. The molecule has 0 unspecified atom stereocenters. The van der Waals surface area contributed by atoms with E-state index in [9.17, 15) is 10.2 Å². The molecule has 146 valence electrons. The van der Waals surface area contributed by atoms with Crippen LogP contribution in [-0.4, -0.2) is 26.8 Å². The zero-order valence-corrected chi connectivity index (χ0v) is 16.4. The number of rotatable bonds is 6. The van der Waals surface area contributed by atoms with Crippen LogP contribution in [0, 0.1) is 0 Å². The van der Waals surface area contributed by atoms with Gasteiger partial charge in [-0.1, -0.05) is 24.3 Å². The van der Waals surface area contributed by atoms with E-state index in [1.807, 2.05) is 37.3 Å². The van der Waals surface area contributed by atoms with E-state index in [0.717, 1.165) is 11.1 Å². The molecule has 4 aromatic rings. The van der Waals surface area contributed by atoms with Gasteiger partial charge in [-0.3, -0.25) is 0 Å². The third-order valence-electron chi connectivity index (χ3n) is 4.19. The third kappa shape index (κ3) is 3.88. The summed E-state index contributed by atoms with van der Waals surface area (Å²) in [6, 6.07) is 14.4. The van der Waals surface area contributed by atoms with E-state index in [2.05, 4.69) is 20.2 Å². The molecule has 0 amide bonds. The van der Waals surface area contributed by atoms with Crippen molar-refractivity contribution < 1.29 is 14.9 Å². The fourth-order valence-electron chi connectivity index (χ4n) is 2.91. The Hall–Kier alpha value is -3.52. The lowest BCUT2D eigenvalue weighted by atomic mass is 10.1. The molecule has 2 heterocycles. The van der Waals surface area contributed by atoms with E-state index in [1.54, 1.807) is 18.2 Å². The molecule has 2 aromatic heterocycles. The summed E-state index contributed by atoms with van der Waals surface area (Å²) < 4.78 is 6.34. The molecule has 0 fully saturated rings. The maximum Gasteiger partial charge on any atom is 0.195 e. The molecule has 2 aromatic carbocycles. The van der Waals surface area contributed by atoms with Crippen molar-refractivity contribution >= 4 is 27.4 Å². The average molecular weight is 406 g/mol. The number of aromatic hydroxyl groups is 2. The SMILES string of the molecule is CCOc1ccccc1-c1sc2c(N=NCc3cccc(O)c3)ncnc2c1O. The van der Waals surface area contributed by atoms with E-state index >= 15 is 0 Å². The summed E-state index contributed by atoms with van der Waals surface area (Å²) in [6.07, 6.45) is 1.36. The molecular weight excluding hydrogens is 388 g/mol. The first-order valence-corrected chi connectivity index (χ1v) is 9.83. The van der Waals surface area contributed by atoms with E-state index < -0.39 is 0 Å². The summed E-state index contributed by atoms with van der Waals surface area (Å²) in [7, 11) is 0. The van der Waals surface area contributed by atoms with Crippen molar-refractivity contribution in [3.63, 3.8) is 0 Å². The second-order valence-electron chi connectivity index (χ2n) is 6.15. The number of benzene rings is 2. The van der Waals surface area contributed by atoms with Crippen LogP contribution in [-0.2, 0) is 6.54 Å². The molecule has 0 bridgehead atoms. The topological polar surface area (TPSA) is 100 Å². The molecule has 0 aliphatic heterocycles. The van der Waals surface area contributed by atoms with Crippen LogP contribution in [0.25, 0.3) is 20.7 Å². The highest BCUT2D eigenvalue weighted by Crippen LogP contribution is 2.47. The van der Waals surface area contributed by atoms with E-state index in [-0.39, 0.29) is 11.5 Å². The van der Waals surface area contributed by atoms with Crippen LogP contribution in [0.1, 0.15) is 12.5 Å². The minimum atomic E-state index is 0.0731. The summed E-state index contributed by atoms with van der Waals surface area (Å²) in [5.74, 6) is 1.33. The highest BCUT2D eigenvalue weighted by atomic mass is 32.1. The average Bonchev–Trinajstić information content (AvgIpc) is 3.06. The molecule has 0 saturated carbocycles. The molecule has 2 N–H and O–H groups in total. The lowest BCUT2D eigenvalue weighted by Gasteiger charge is -2.08. The first-order valence-electron chi connectivity index (χ1n) is 9.01. The Morgan fingerprint density at radius 3 is 2.76 bits per heavy atom. The Labute approximate surface area is 171 Å². The predicted molar refractivity (Wildman–Crippen MR) is 112 cm³/mol. The molecule has 4 rings (SSSR count). The number of phenols is 1. The number of hydrogen-bond donors (Lipinski definition) is 2. The number of azo groups is 1. The molecule has 0 atom stereocenters. The van der Waals surface area contributed by atoms with E-state index in [1.165, 1.54) is 17.7 Å². The van der Waals surface area contributed by atoms with Crippen LogP contribution in [0.15, 0.2) is 65.1 Å². The molecule has 0 aliphatic rings. The minimum absolute atomic E-state index is 0.0731. The summed E-state index contributed by atoms with van der Waals surface area (Å²) in [6.45, 7) is 2.74. The smallest absolute Gasteiger partial charge is 0.195 e. The summed E-state index contributed by atoms with van der Waals surface area (Å²) in [5, 5.41) is 28.7. The first kappa shape index (κ1) is 18.8. The summed E-state index contributed by atoms with van der Waals surface area (Å²) in [4.78, 5) is 9.07. The maximum atomic E-state index is 10.8. The Morgan fingerprint density at radius 1 is 1.07 bits per heavy atom. The fraction of sp³-hybridized carbons (Fsp3) is 0.143. The monoisotopic (exact) mass is 406 g/mol. The molecule has 0 radical (unpaired) electrons. The Morgan fingerprint density at radius 2 is 1.93 bits per heavy atom. The molecular formula is C21H18N4O3S. The molecule has 0 aliphatic carbocycles. The number of thiophene rings is 1. The molecule has 7 nitrogen and oxygen atoms in total. The van der Waals surface area contributed by atoms with Crippen molar-refractivity contribution in [1.82, 2.24) is 9.97 Å². The van der Waals surface area contributed by atoms with E-state index in [0.29, 0.717) is 39.8 Å². The normalized spacial score (nSPS) is 11.3. The van der Waals surface area contributed by atoms with Gasteiger partial charge in [-0.15, -0.1) is 16.5 Å². The number of aromatic nitrogens is 2. The van der Waals surface area contributed by atoms with Crippen LogP contribution in [0.2, 0.25) is 0 Å². The van der Waals surface area contributed by atoms with Gasteiger partial charge in [-0.25, -0.2) is 9.97 Å². The van der Waals surface area contributed by atoms with Gasteiger partial charge in [0, 0.05) is 5.56 Å². The standard InChI is InChI=1S/C21H18N4O3S/c1-2-28-16-9-4-3-8-15(16)19-18(27)17-20(29-19)21(23-12-22-17)25-24-11-13-6-5-7-14(26)10-13/h3-10,12,26-27H,2,11H2,1H3. The van der Waals surface area contributed by atoms with Gasteiger partial charge in [0.05, 0.1) is 18.0 Å². The molecule has 0 spiro atoms. The maximum absolute atomic E-state index is 10.8. The second kappa shape index (κ2) is 8.24.